The molecule has 2 aliphatic carbocycles. The molecule has 18 heavy (non-hydrogen) atoms. The number of benzene rings is 1. The number of hydrogen-bond acceptors (Lipinski definition) is 2. The van der Waals surface area contributed by atoms with E-state index >= 15 is 0 Å². The van der Waals surface area contributed by atoms with Crippen molar-refractivity contribution in [2.45, 2.75) is 44.1 Å². The van der Waals surface area contributed by atoms with Crippen molar-refractivity contribution in [1.29, 1.82) is 0 Å². The van der Waals surface area contributed by atoms with Crippen molar-refractivity contribution in [3.63, 3.8) is 0 Å². The highest BCUT2D eigenvalue weighted by Crippen LogP contribution is 2.40. The molecule has 2 aliphatic rings. The molecule has 98 valence electrons. The first-order valence-electron chi connectivity index (χ1n) is 7.28. The number of ether oxygens (including phenoxy) is 1. The van der Waals surface area contributed by atoms with Crippen LogP contribution in [-0.2, 0) is 0 Å². The van der Waals surface area contributed by atoms with Crippen LogP contribution in [0.25, 0.3) is 0 Å². The minimum atomic E-state index is 0.497. The number of nitrogens with one attached hydrogen (secondary N) is 1. The summed E-state index contributed by atoms with van der Waals surface area (Å²) in [5.41, 5.74) is 1.48. The van der Waals surface area contributed by atoms with E-state index in [9.17, 15) is 0 Å². The molecule has 0 aliphatic heterocycles. The maximum atomic E-state index is 5.91. The highest BCUT2D eigenvalue weighted by atomic mass is 16.5. The molecule has 0 bridgehead atoms. The fraction of sp³-hybridized carbons (Fsp3) is 0.625. The van der Waals surface area contributed by atoms with Crippen LogP contribution >= 0.6 is 0 Å². The minimum Gasteiger partial charge on any atom is -0.490 e. The molecule has 2 atom stereocenters. The lowest BCUT2D eigenvalue weighted by Crippen LogP contribution is -2.21. The van der Waals surface area contributed by atoms with Gasteiger partial charge in [-0.05, 0) is 68.8 Å². The molecule has 2 saturated carbocycles. The van der Waals surface area contributed by atoms with Crippen molar-refractivity contribution >= 4 is 0 Å². The van der Waals surface area contributed by atoms with Crippen LogP contribution in [0.2, 0.25) is 0 Å². The van der Waals surface area contributed by atoms with Gasteiger partial charge >= 0.3 is 0 Å². The van der Waals surface area contributed by atoms with E-state index in [1.807, 2.05) is 0 Å². The Morgan fingerprint density at radius 2 is 2.11 bits per heavy atom. The molecule has 2 unspecified atom stereocenters. The van der Waals surface area contributed by atoms with E-state index in [1.54, 1.807) is 0 Å². The summed E-state index contributed by atoms with van der Waals surface area (Å²) in [5, 5.41) is 3.33. The molecule has 1 aromatic carbocycles. The lowest BCUT2D eigenvalue weighted by Gasteiger charge is -2.20. The molecule has 0 heterocycles. The third-order valence-corrected chi connectivity index (χ3v) is 4.24. The zero-order valence-electron chi connectivity index (χ0n) is 11.2. The molecule has 0 radical (unpaired) electrons. The summed E-state index contributed by atoms with van der Waals surface area (Å²) in [5.74, 6) is 2.59. The van der Waals surface area contributed by atoms with Crippen LogP contribution < -0.4 is 10.1 Å². The standard InChI is InChI=1S/C16H23NO/c1-17-11-13-5-3-7-16(13)12-4-2-6-15(10-12)18-14-8-9-14/h2,4,6,10,13-14,16-17H,3,5,7-9,11H2,1H3. The Morgan fingerprint density at radius 3 is 2.89 bits per heavy atom. The smallest absolute Gasteiger partial charge is 0.120 e. The Hall–Kier alpha value is -1.02. The predicted octanol–water partition coefficient (Wildman–Crippen LogP) is 3.33. The molecular formula is C16H23NO. The SMILES string of the molecule is CNCC1CCCC1c1cccc(OC2CC2)c1. The maximum absolute atomic E-state index is 5.91. The average molecular weight is 245 g/mol. The molecule has 0 amide bonds. The summed E-state index contributed by atoms with van der Waals surface area (Å²) >= 11 is 0. The molecular weight excluding hydrogens is 222 g/mol. The Morgan fingerprint density at radius 1 is 1.22 bits per heavy atom. The molecule has 0 aromatic heterocycles. The van der Waals surface area contributed by atoms with Gasteiger partial charge in [-0.15, -0.1) is 0 Å². The van der Waals surface area contributed by atoms with Gasteiger partial charge in [-0.3, -0.25) is 0 Å². The summed E-state index contributed by atoms with van der Waals surface area (Å²) in [6.07, 6.45) is 7.02. The molecule has 2 nitrogen and oxygen atoms in total. The van der Waals surface area contributed by atoms with E-state index in [-0.39, 0.29) is 0 Å². The van der Waals surface area contributed by atoms with Gasteiger partial charge in [0, 0.05) is 0 Å². The molecule has 0 spiro atoms. The zero-order chi connectivity index (χ0) is 12.4. The van der Waals surface area contributed by atoms with Gasteiger partial charge in [0.25, 0.3) is 0 Å². The Bertz CT molecular complexity index is 400. The molecule has 2 fully saturated rings. The first-order chi connectivity index (χ1) is 8.86. The summed E-state index contributed by atoms with van der Waals surface area (Å²) < 4.78 is 5.91. The van der Waals surface area contributed by atoms with Crippen LogP contribution in [0, 0.1) is 5.92 Å². The third-order valence-electron chi connectivity index (χ3n) is 4.24. The van der Waals surface area contributed by atoms with Crippen molar-refractivity contribution in [2.24, 2.45) is 5.92 Å². The average Bonchev–Trinajstić information content (AvgIpc) is 3.07. The molecule has 2 heteroatoms. The summed E-state index contributed by atoms with van der Waals surface area (Å²) in [6, 6.07) is 8.81. The second-order valence-corrected chi connectivity index (χ2v) is 5.74. The summed E-state index contributed by atoms with van der Waals surface area (Å²) in [7, 11) is 2.06. The number of rotatable bonds is 5. The monoisotopic (exact) mass is 245 g/mol. The van der Waals surface area contributed by atoms with Gasteiger partial charge in [-0.1, -0.05) is 18.6 Å². The Labute approximate surface area is 110 Å². The van der Waals surface area contributed by atoms with Crippen LogP contribution in [0.5, 0.6) is 5.75 Å². The Kier molecular flexibility index (Phi) is 3.55. The van der Waals surface area contributed by atoms with Crippen LogP contribution in [-0.4, -0.2) is 19.7 Å². The fourth-order valence-electron chi connectivity index (χ4n) is 3.18. The molecule has 0 saturated heterocycles. The molecule has 3 rings (SSSR count). The van der Waals surface area contributed by atoms with Gasteiger partial charge < -0.3 is 10.1 Å². The van der Waals surface area contributed by atoms with Crippen LogP contribution in [0.3, 0.4) is 0 Å². The lowest BCUT2D eigenvalue weighted by atomic mass is 9.89. The summed E-state index contributed by atoms with van der Waals surface area (Å²) in [6.45, 7) is 1.14. The van der Waals surface area contributed by atoms with Crippen molar-refractivity contribution in [2.75, 3.05) is 13.6 Å². The Balaban J connectivity index is 1.73. The van der Waals surface area contributed by atoms with E-state index in [1.165, 1.54) is 37.7 Å². The normalized spacial score (nSPS) is 27.4. The second kappa shape index (κ2) is 5.31. The lowest BCUT2D eigenvalue weighted by molar-refractivity contribution is 0.302. The van der Waals surface area contributed by atoms with Gasteiger partial charge in [0.1, 0.15) is 5.75 Å². The topological polar surface area (TPSA) is 21.3 Å². The van der Waals surface area contributed by atoms with E-state index in [4.69, 9.17) is 4.74 Å². The minimum absolute atomic E-state index is 0.497. The van der Waals surface area contributed by atoms with Gasteiger partial charge in [0.15, 0.2) is 0 Å². The third kappa shape index (κ3) is 2.69. The molecule has 1 N–H and O–H groups in total. The van der Waals surface area contributed by atoms with E-state index < -0.39 is 0 Å². The highest BCUT2D eigenvalue weighted by Gasteiger charge is 2.28. The fourth-order valence-corrected chi connectivity index (χ4v) is 3.18. The largest absolute Gasteiger partial charge is 0.490 e. The zero-order valence-corrected chi connectivity index (χ0v) is 11.2. The van der Waals surface area contributed by atoms with Crippen molar-refractivity contribution in [3.8, 4) is 5.75 Å². The van der Waals surface area contributed by atoms with Crippen molar-refractivity contribution in [3.05, 3.63) is 29.8 Å². The first kappa shape index (κ1) is 12.0. The van der Waals surface area contributed by atoms with Gasteiger partial charge in [0.05, 0.1) is 6.10 Å². The van der Waals surface area contributed by atoms with Crippen LogP contribution in [0.4, 0.5) is 0 Å². The van der Waals surface area contributed by atoms with E-state index in [2.05, 4.69) is 36.6 Å². The van der Waals surface area contributed by atoms with Crippen LogP contribution in [0.15, 0.2) is 24.3 Å². The van der Waals surface area contributed by atoms with Crippen LogP contribution in [0.1, 0.15) is 43.6 Å². The quantitative estimate of drug-likeness (QED) is 0.859. The van der Waals surface area contributed by atoms with Crippen molar-refractivity contribution in [1.82, 2.24) is 5.32 Å². The van der Waals surface area contributed by atoms with E-state index in [0.29, 0.717) is 6.10 Å². The van der Waals surface area contributed by atoms with E-state index in [0.717, 1.165) is 24.1 Å². The number of hydrogen-bond donors (Lipinski definition) is 1. The predicted molar refractivity (Wildman–Crippen MR) is 74.1 cm³/mol. The van der Waals surface area contributed by atoms with Crippen molar-refractivity contribution < 1.29 is 4.74 Å². The maximum Gasteiger partial charge on any atom is 0.120 e. The van der Waals surface area contributed by atoms with Gasteiger partial charge in [0.2, 0.25) is 0 Å². The first-order valence-corrected chi connectivity index (χ1v) is 7.28. The molecule has 1 aromatic rings. The van der Waals surface area contributed by atoms with Gasteiger partial charge in [-0.25, -0.2) is 0 Å². The summed E-state index contributed by atoms with van der Waals surface area (Å²) in [4.78, 5) is 0. The highest BCUT2D eigenvalue weighted by molar-refractivity contribution is 5.32. The second-order valence-electron chi connectivity index (χ2n) is 5.74. The van der Waals surface area contributed by atoms with Gasteiger partial charge in [-0.2, -0.15) is 0 Å².